The molecule has 2 N–H and O–H groups in total. The third-order valence-electron chi connectivity index (χ3n) is 15.6. The van der Waals surface area contributed by atoms with E-state index in [0.29, 0.717) is 94.0 Å². The van der Waals surface area contributed by atoms with Gasteiger partial charge in [0.1, 0.15) is 29.7 Å². The third-order valence-corrected chi connectivity index (χ3v) is 15.6. The Balaban J connectivity index is 0.811. The molecule has 8 rings (SSSR count). The molecule has 20 heteroatoms. The van der Waals surface area contributed by atoms with Gasteiger partial charge in [-0.3, -0.25) is 39.1 Å². The number of piperidine rings is 2. The number of fused-ring (bicyclic) bond motifs is 1. The van der Waals surface area contributed by atoms with Crippen molar-refractivity contribution in [2.75, 3.05) is 97.7 Å². The van der Waals surface area contributed by atoms with E-state index >= 15 is 0 Å². The lowest BCUT2D eigenvalue weighted by Gasteiger charge is -2.63. The van der Waals surface area contributed by atoms with Crippen LogP contribution in [0, 0.1) is 41.9 Å². The number of anilines is 1. The van der Waals surface area contributed by atoms with Crippen molar-refractivity contribution < 1.29 is 57.1 Å². The van der Waals surface area contributed by atoms with E-state index in [0.717, 1.165) is 67.9 Å². The molecule has 2 saturated carbocycles. The lowest BCUT2D eigenvalue weighted by atomic mass is 9.49. The number of nitriles is 1. The molecular formula is C56H74N8O12. The fourth-order valence-electron chi connectivity index (χ4n) is 11.7. The number of nitrogens with one attached hydrogen (secondary N) is 2. The number of benzene rings is 2. The van der Waals surface area contributed by atoms with Crippen LogP contribution in [-0.4, -0.2) is 172 Å². The zero-order valence-corrected chi connectivity index (χ0v) is 45.0. The Bertz CT molecular complexity index is 2570. The molecule has 2 saturated heterocycles. The highest BCUT2D eigenvalue weighted by Gasteiger charge is 2.64. The van der Waals surface area contributed by atoms with Crippen molar-refractivity contribution in [3.8, 4) is 17.6 Å². The topological polar surface area (TPSA) is 233 Å². The summed E-state index contributed by atoms with van der Waals surface area (Å²) in [6.45, 7) is 19.8. The Morgan fingerprint density at radius 2 is 1.38 bits per heavy atom. The zero-order valence-electron chi connectivity index (χ0n) is 45.0. The highest BCUT2D eigenvalue weighted by Crippen LogP contribution is 2.55. The second-order valence-electron chi connectivity index (χ2n) is 21.8. The van der Waals surface area contributed by atoms with Gasteiger partial charge < -0.3 is 43.4 Å². The largest absolute Gasteiger partial charge is 0.490 e. The number of hydrogen-bond acceptors (Lipinski definition) is 17. The normalized spacial score (nSPS) is 22.9. The van der Waals surface area contributed by atoms with Gasteiger partial charge in [0.15, 0.2) is 0 Å². The first-order valence-electron chi connectivity index (χ1n) is 26.6. The first-order valence-corrected chi connectivity index (χ1v) is 26.6. The summed E-state index contributed by atoms with van der Waals surface area (Å²) >= 11 is 0. The first-order chi connectivity index (χ1) is 36.5. The molecule has 3 aliphatic heterocycles. The number of ether oxygens (including phenoxy) is 7. The van der Waals surface area contributed by atoms with Gasteiger partial charge in [0.2, 0.25) is 17.8 Å². The number of aryl methyl sites for hydroxylation is 2. The number of hydrogen-bond donors (Lipinski definition) is 2. The average molecular weight is 1050 g/mol. The molecule has 2 aromatic carbocycles. The molecule has 0 unspecified atom stereocenters. The van der Waals surface area contributed by atoms with Gasteiger partial charge in [-0.1, -0.05) is 27.7 Å². The van der Waals surface area contributed by atoms with E-state index in [4.69, 9.17) is 33.2 Å². The summed E-state index contributed by atoms with van der Waals surface area (Å²) in [7, 11) is 1.64. The van der Waals surface area contributed by atoms with Gasteiger partial charge in [-0.2, -0.15) is 5.26 Å². The van der Waals surface area contributed by atoms with Crippen LogP contribution < -0.4 is 25.0 Å². The highest BCUT2D eigenvalue weighted by molar-refractivity contribution is 6.23. The minimum Gasteiger partial charge on any atom is -0.490 e. The lowest BCUT2D eigenvalue weighted by Crippen LogP contribution is -2.74. The van der Waals surface area contributed by atoms with Gasteiger partial charge in [0.25, 0.3) is 17.7 Å². The van der Waals surface area contributed by atoms with Crippen LogP contribution in [0.1, 0.15) is 114 Å². The van der Waals surface area contributed by atoms with E-state index in [9.17, 15) is 29.2 Å². The van der Waals surface area contributed by atoms with E-state index in [2.05, 4.69) is 64.2 Å². The minimum atomic E-state index is -1.04. The van der Waals surface area contributed by atoms with Crippen LogP contribution in [0.5, 0.6) is 11.5 Å². The zero-order chi connectivity index (χ0) is 54.1. The summed E-state index contributed by atoms with van der Waals surface area (Å²) in [6, 6.07) is 9.94. The lowest BCUT2D eigenvalue weighted by molar-refractivity contribution is -0.164. The van der Waals surface area contributed by atoms with Gasteiger partial charge >= 0.3 is 0 Å². The fourth-order valence-corrected chi connectivity index (χ4v) is 11.7. The number of aromatic nitrogens is 2. The van der Waals surface area contributed by atoms with Crippen LogP contribution in [0.3, 0.4) is 0 Å². The average Bonchev–Trinajstić information content (AvgIpc) is 3.66. The summed E-state index contributed by atoms with van der Waals surface area (Å²) < 4.78 is 40.7. The molecule has 0 bridgehead atoms. The van der Waals surface area contributed by atoms with Crippen molar-refractivity contribution in [3.63, 3.8) is 0 Å². The summed E-state index contributed by atoms with van der Waals surface area (Å²) in [6.07, 6.45) is 6.45. The molecule has 3 aromatic rings. The second kappa shape index (κ2) is 24.9. The van der Waals surface area contributed by atoms with E-state index in [1.165, 1.54) is 0 Å². The molecule has 4 heterocycles. The maximum Gasteiger partial charge on any atom is 0.262 e. The number of carbonyl (C=O) groups is 5. The summed E-state index contributed by atoms with van der Waals surface area (Å²) in [5.41, 5.74) is 2.41. The van der Waals surface area contributed by atoms with Crippen molar-refractivity contribution in [2.24, 2.45) is 16.7 Å². The molecule has 2 aliphatic carbocycles. The van der Waals surface area contributed by atoms with Crippen molar-refractivity contribution in [2.45, 2.75) is 110 Å². The van der Waals surface area contributed by atoms with Gasteiger partial charge in [-0.05, 0) is 80.5 Å². The second-order valence-corrected chi connectivity index (χ2v) is 21.8. The van der Waals surface area contributed by atoms with Gasteiger partial charge in [0.05, 0.1) is 87.8 Å². The number of amides is 5. The summed E-state index contributed by atoms with van der Waals surface area (Å²) in [4.78, 5) is 79.6. The third kappa shape index (κ3) is 12.8. The SMILES string of the molecule is COCCOCCOCCOCCOCCN(CC1CCN(c2ncc(C(=O)NC3C(C)(C)C(Oc4cc(C)c(C#N)c(C)c4)C3(C)C)cn2)CC1)C1CC(Oc2ccc3c(c2)C(=O)N([C@@H]2CCC(=O)NC2=O)C3=O)C1. The van der Waals surface area contributed by atoms with Crippen LogP contribution in [0.2, 0.25) is 0 Å². The number of imide groups is 2. The minimum absolute atomic E-state index is 0.0507. The molecule has 0 spiro atoms. The molecule has 1 aromatic heterocycles. The Kier molecular flexibility index (Phi) is 18.4. The standard InChI is InChI=1S/C56H74N8O12/c1-35-26-41(27-36(2)45(35)31-57)76-53-55(3,4)52(56(53,5)6)61-48(66)38-32-58-54(59-33-38)62-14-12-37(13-15-62)34-63(16-17-71-20-21-73-24-25-74-23-22-72-19-18-70-7)39-28-42(29-39)75-40-8-9-43-44(30-40)51(69)64(50(43)68)46-10-11-47(65)60-49(46)67/h8-9,26-27,30,32-33,37,39,42,46,52-53H,10-25,28-29,34H2,1-7H3,(H,61,66)(H,60,65,67)/t39?,42?,46-,52?,53?/m1/s1. The van der Waals surface area contributed by atoms with Crippen LogP contribution in [0.4, 0.5) is 5.95 Å². The molecule has 5 amide bonds. The van der Waals surface area contributed by atoms with Gasteiger partial charge in [-0.25, -0.2) is 9.97 Å². The van der Waals surface area contributed by atoms with E-state index in [1.807, 2.05) is 26.0 Å². The predicted molar refractivity (Wildman–Crippen MR) is 278 cm³/mol. The van der Waals surface area contributed by atoms with Crippen LogP contribution in [-0.2, 0) is 33.3 Å². The monoisotopic (exact) mass is 1050 g/mol. The number of carbonyl (C=O) groups excluding carboxylic acids is 5. The van der Waals surface area contributed by atoms with Crippen molar-refractivity contribution in [3.05, 3.63) is 76.1 Å². The van der Waals surface area contributed by atoms with E-state index < -0.39 is 29.7 Å². The Hall–Kier alpha value is -6.08. The van der Waals surface area contributed by atoms with Crippen LogP contribution in [0.15, 0.2) is 42.7 Å². The molecular weight excluding hydrogens is 977 g/mol. The summed E-state index contributed by atoms with van der Waals surface area (Å²) in [5, 5.41) is 15.0. The quantitative estimate of drug-likeness (QED) is 0.0810. The van der Waals surface area contributed by atoms with E-state index in [1.54, 1.807) is 37.7 Å². The first kappa shape index (κ1) is 56.1. The van der Waals surface area contributed by atoms with E-state index in [-0.39, 0.29) is 65.0 Å². The Morgan fingerprint density at radius 1 is 0.789 bits per heavy atom. The predicted octanol–water partition coefficient (Wildman–Crippen LogP) is 4.82. The Labute approximate surface area is 445 Å². The van der Waals surface area contributed by atoms with Gasteiger partial charge in [-0.15, -0.1) is 0 Å². The maximum atomic E-state index is 13.7. The molecule has 0 radical (unpaired) electrons. The molecule has 76 heavy (non-hydrogen) atoms. The Morgan fingerprint density at radius 3 is 1.97 bits per heavy atom. The smallest absolute Gasteiger partial charge is 0.262 e. The number of methoxy groups -OCH3 is 1. The number of nitrogens with zero attached hydrogens (tertiary/aromatic N) is 6. The summed E-state index contributed by atoms with van der Waals surface area (Å²) in [5.74, 6) is -0.243. The van der Waals surface area contributed by atoms with Crippen molar-refractivity contribution in [1.29, 1.82) is 5.26 Å². The molecule has 5 aliphatic rings. The fraction of sp³-hybridized carbons (Fsp3) is 0.607. The van der Waals surface area contributed by atoms with Crippen LogP contribution >= 0.6 is 0 Å². The molecule has 20 nitrogen and oxygen atoms in total. The molecule has 1 atom stereocenters. The highest BCUT2D eigenvalue weighted by atomic mass is 16.6. The van der Waals surface area contributed by atoms with Crippen LogP contribution in [0.25, 0.3) is 0 Å². The van der Waals surface area contributed by atoms with Crippen molar-refractivity contribution >= 4 is 35.5 Å². The number of rotatable bonds is 26. The van der Waals surface area contributed by atoms with Crippen molar-refractivity contribution in [1.82, 2.24) is 30.4 Å². The van der Waals surface area contributed by atoms with Gasteiger partial charge in [0, 0.05) is 87.9 Å². The molecule has 4 fully saturated rings. The molecule has 410 valence electrons. The maximum absolute atomic E-state index is 13.7.